The monoisotopic (exact) mass is 457 g/mol. The molecule has 2 N–H and O–H groups in total. The Morgan fingerprint density at radius 1 is 1.07 bits per heavy atom. The van der Waals surface area contributed by atoms with Crippen molar-refractivity contribution in [1.29, 1.82) is 0 Å². The molecule has 0 aliphatic heterocycles. The lowest BCUT2D eigenvalue weighted by Gasteiger charge is -2.23. The smallest absolute Gasteiger partial charge is 0.253 e. The summed E-state index contributed by atoms with van der Waals surface area (Å²) in [5.74, 6) is -0.995. The lowest BCUT2D eigenvalue weighted by atomic mass is 10.1. The SMILES string of the molecule is CC(C)NC(=O)c1ccccc1NC(=O)CN(c1cccc(Cl)c1Cl)S(C)(=O)=O. The molecule has 0 saturated heterocycles. The molecule has 0 saturated carbocycles. The van der Waals surface area contributed by atoms with Gasteiger partial charge in [-0.3, -0.25) is 13.9 Å². The summed E-state index contributed by atoms with van der Waals surface area (Å²) < 4.78 is 25.4. The Morgan fingerprint density at radius 3 is 2.34 bits per heavy atom. The Kier molecular flexibility index (Phi) is 7.51. The van der Waals surface area contributed by atoms with E-state index in [9.17, 15) is 18.0 Å². The molecular weight excluding hydrogens is 437 g/mol. The third-order valence-electron chi connectivity index (χ3n) is 3.75. The molecule has 29 heavy (non-hydrogen) atoms. The minimum Gasteiger partial charge on any atom is -0.350 e. The number of anilines is 2. The quantitative estimate of drug-likeness (QED) is 0.664. The average Bonchev–Trinajstić information content (AvgIpc) is 2.61. The zero-order chi connectivity index (χ0) is 21.8. The predicted octanol–water partition coefficient (Wildman–Crippen LogP) is 3.54. The molecule has 156 valence electrons. The Bertz CT molecular complexity index is 1030. The Morgan fingerprint density at radius 2 is 1.72 bits per heavy atom. The molecule has 2 aromatic carbocycles. The number of hydrogen-bond acceptors (Lipinski definition) is 4. The molecule has 0 atom stereocenters. The van der Waals surface area contributed by atoms with Gasteiger partial charge in [0, 0.05) is 6.04 Å². The number of nitrogens with zero attached hydrogens (tertiary/aromatic N) is 1. The van der Waals surface area contributed by atoms with Crippen molar-refractivity contribution in [2.45, 2.75) is 19.9 Å². The summed E-state index contributed by atoms with van der Waals surface area (Å²) in [6.45, 7) is 3.09. The van der Waals surface area contributed by atoms with E-state index in [2.05, 4.69) is 10.6 Å². The highest BCUT2D eigenvalue weighted by molar-refractivity contribution is 7.92. The van der Waals surface area contributed by atoms with Gasteiger partial charge in [0.1, 0.15) is 6.54 Å². The summed E-state index contributed by atoms with van der Waals surface area (Å²) in [5, 5.41) is 5.52. The Labute approximate surface area is 180 Å². The van der Waals surface area contributed by atoms with Crippen molar-refractivity contribution in [3.05, 3.63) is 58.1 Å². The van der Waals surface area contributed by atoms with E-state index < -0.39 is 22.5 Å². The number of carbonyl (C=O) groups is 2. The molecule has 0 radical (unpaired) electrons. The lowest BCUT2D eigenvalue weighted by Crippen LogP contribution is -2.38. The minimum absolute atomic E-state index is 0.0177. The molecule has 2 aromatic rings. The molecule has 0 fully saturated rings. The maximum absolute atomic E-state index is 12.6. The van der Waals surface area contributed by atoms with Crippen LogP contribution in [0.2, 0.25) is 10.0 Å². The van der Waals surface area contributed by atoms with E-state index in [1.54, 1.807) is 24.3 Å². The maximum atomic E-state index is 12.6. The minimum atomic E-state index is -3.84. The summed E-state index contributed by atoms with van der Waals surface area (Å²) >= 11 is 12.1. The zero-order valence-corrected chi connectivity index (χ0v) is 18.4. The van der Waals surface area contributed by atoms with Crippen molar-refractivity contribution >= 4 is 56.4 Å². The summed E-state index contributed by atoms with van der Waals surface area (Å²) in [5.41, 5.74) is 0.616. The van der Waals surface area contributed by atoms with Gasteiger partial charge in [-0.2, -0.15) is 0 Å². The topological polar surface area (TPSA) is 95.6 Å². The van der Waals surface area contributed by atoms with E-state index in [0.717, 1.165) is 10.6 Å². The third kappa shape index (κ3) is 6.09. The van der Waals surface area contributed by atoms with Crippen LogP contribution in [0, 0.1) is 0 Å². The van der Waals surface area contributed by atoms with Gasteiger partial charge in [-0.05, 0) is 38.1 Å². The molecule has 0 spiro atoms. The molecule has 7 nitrogen and oxygen atoms in total. The molecule has 0 aliphatic carbocycles. The van der Waals surface area contributed by atoms with Gasteiger partial charge >= 0.3 is 0 Å². The normalized spacial score (nSPS) is 11.2. The molecule has 0 aromatic heterocycles. The van der Waals surface area contributed by atoms with E-state index in [1.165, 1.54) is 18.2 Å². The van der Waals surface area contributed by atoms with E-state index in [4.69, 9.17) is 23.2 Å². The standard InChI is InChI=1S/C19H21Cl2N3O4S/c1-12(2)22-19(26)13-7-4-5-9-15(13)23-17(25)11-24(29(3,27)28)16-10-6-8-14(20)18(16)21/h4-10,12H,11H2,1-3H3,(H,22,26)(H,23,25). The molecule has 10 heteroatoms. The zero-order valence-electron chi connectivity index (χ0n) is 16.1. The summed E-state index contributed by atoms with van der Waals surface area (Å²) in [4.78, 5) is 25.0. The van der Waals surface area contributed by atoms with E-state index >= 15 is 0 Å². The van der Waals surface area contributed by atoms with Crippen molar-refractivity contribution in [3.8, 4) is 0 Å². The number of benzene rings is 2. The molecule has 2 amide bonds. The highest BCUT2D eigenvalue weighted by Gasteiger charge is 2.24. The van der Waals surface area contributed by atoms with Crippen LogP contribution in [-0.4, -0.2) is 39.1 Å². The second-order valence-electron chi connectivity index (χ2n) is 6.56. The van der Waals surface area contributed by atoms with Crippen LogP contribution in [0.3, 0.4) is 0 Å². The van der Waals surface area contributed by atoms with Gasteiger partial charge in [-0.25, -0.2) is 8.42 Å². The van der Waals surface area contributed by atoms with Crippen molar-refractivity contribution in [2.75, 3.05) is 22.4 Å². The van der Waals surface area contributed by atoms with Crippen LogP contribution >= 0.6 is 23.2 Å². The average molecular weight is 458 g/mol. The number of hydrogen-bond donors (Lipinski definition) is 2. The predicted molar refractivity (Wildman–Crippen MR) is 116 cm³/mol. The van der Waals surface area contributed by atoms with E-state index in [0.29, 0.717) is 0 Å². The fourth-order valence-corrected chi connectivity index (χ4v) is 3.83. The number of rotatable bonds is 7. The van der Waals surface area contributed by atoms with Gasteiger partial charge in [0.25, 0.3) is 5.91 Å². The molecular formula is C19H21Cl2N3O4S. The number of amides is 2. The van der Waals surface area contributed by atoms with Gasteiger partial charge in [-0.1, -0.05) is 41.4 Å². The Balaban J connectivity index is 2.29. The largest absolute Gasteiger partial charge is 0.350 e. The summed E-state index contributed by atoms with van der Waals surface area (Å²) in [6.07, 6.45) is 0.960. The molecule has 2 rings (SSSR count). The number of sulfonamides is 1. The molecule has 0 heterocycles. The third-order valence-corrected chi connectivity index (χ3v) is 5.69. The van der Waals surface area contributed by atoms with Crippen LogP contribution in [0.4, 0.5) is 11.4 Å². The van der Waals surface area contributed by atoms with Gasteiger partial charge in [-0.15, -0.1) is 0 Å². The number of nitrogens with one attached hydrogen (secondary N) is 2. The van der Waals surface area contributed by atoms with Crippen molar-refractivity contribution in [1.82, 2.24) is 5.32 Å². The lowest BCUT2D eigenvalue weighted by molar-refractivity contribution is -0.114. The molecule has 0 bridgehead atoms. The second-order valence-corrected chi connectivity index (χ2v) is 9.26. The van der Waals surface area contributed by atoms with Gasteiger partial charge in [0.2, 0.25) is 15.9 Å². The van der Waals surface area contributed by atoms with Crippen LogP contribution in [0.15, 0.2) is 42.5 Å². The fourth-order valence-electron chi connectivity index (χ4n) is 2.52. The first-order valence-corrected chi connectivity index (χ1v) is 11.2. The highest BCUT2D eigenvalue weighted by atomic mass is 35.5. The van der Waals surface area contributed by atoms with Crippen molar-refractivity contribution in [2.24, 2.45) is 0 Å². The molecule has 0 unspecified atom stereocenters. The number of halogens is 2. The first-order valence-electron chi connectivity index (χ1n) is 8.62. The Hall–Kier alpha value is -2.29. The molecule has 0 aliphatic rings. The van der Waals surface area contributed by atoms with Crippen LogP contribution in [0.1, 0.15) is 24.2 Å². The van der Waals surface area contributed by atoms with Crippen LogP contribution in [-0.2, 0) is 14.8 Å². The second kappa shape index (κ2) is 9.47. The van der Waals surface area contributed by atoms with Gasteiger partial charge in [0.05, 0.1) is 33.2 Å². The van der Waals surface area contributed by atoms with Gasteiger partial charge < -0.3 is 10.6 Å². The maximum Gasteiger partial charge on any atom is 0.253 e. The number of carbonyl (C=O) groups excluding carboxylic acids is 2. The first-order chi connectivity index (χ1) is 13.5. The van der Waals surface area contributed by atoms with Crippen molar-refractivity contribution in [3.63, 3.8) is 0 Å². The van der Waals surface area contributed by atoms with Crippen LogP contribution < -0.4 is 14.9 Å². The summed E-state index contributed by atoms with van der Waals surface area (Å²) in [6, 6.07) is 10.9. The van der Waals surface area contributed by atoms with E-state index in [1.807, 2.05) is 13.8 Å². The highest BCUT2D eigenvalue weighted by Crippen LogP contribution is 2.33. The summed E-state index contributed by atoms with van der Waals surface area (Å²) in [7, 11) is -3.84. The van der Waals surface area contributed by atoms with Gasteiger partial charge in [0.15, 0.2) is 0 Å². The van der Waals surface area contributed by atoms with E-state index in [-0.39, 0.29) is 38.9 Å². The number of para-hydroxylation sites is 1. The van der Waals surface area contributed by atoms with Crippen molar-refractivity contribution < 1.29 is 18.0 Å². The first kappa shape index (κ1) is 23.0. The fraction of sp³-hybridized carbons (Fsp3) is 0.263. The van der Waals surface area contributed by atoms with Crippen LogP contribution in [0.5, 0.6) is 0 Å². The van der Waals surface area contributed by atoms with Crippen LogP contribution in [0.25, 0.3) is 0 Å².